The zero-order valence-electron chi connectivity index (χ0n) is 14.9. The van der Waals surface area contributed by atoms with Gasteiger partial charge in [0.15, 0.2) is 0 Å². The van der Waals surface area contributed by atoms with Crippen LogP contribution in [0.1, 0.15) is 18.4 Å². The first-order valence-electron chi connectivity index (χ1n) is 9.13. The normalized spacial score (nSPS) is 17.8. The number of hydrogen-bond donors (Lipinski definition) is 1. The maximum atomic E-state index is 13.8. The number of carbonyl (C=O) groups excluding carboxylic acids is 1. The van der Waals surface area contributed by atoms with Crippen LogP contribution in [0.5, 0.6) is 0 Å². The molecule has 1 atom stereocenters. The Labute approximate surface area is 159 Å². The van der Waals surface area contributed by atoms with Crippen molar-refractivity contribution < 1.29 is 9.18 Å². The number of nitrogens with zero attached hydrogens (tertiary/aromatic N) is 1. The average Bonchev–Trinajstić information content (AvgIpc) is 2.68. The fourth-order valence-electron chi connectivity index (χ4n) is 3.28. The molecule has 138 valence electrons. The summed E-state index contributed by atoms with van der Waals surface area (Å²) < 4.78 is 13.8. The molecular formula is C21H25FN2OS. The number of rotatable bonds is 7. The number of carbonyl (C=O) groups is 1. The fourth-order valence-corrected chi connectivity index (χ4v) is 4.07. The second-order valence-corrected chi connectivity index (χ2v) is 7.79. The monoisotopic (exact) mass is 372 g/mol. The molecule has 1 aliphatic rings. The van der Waals surface area contributed by atoms with Crippen LogP contribution in [0.15, 0.2) is 59.5 Å². The Balaban J connectivity index is 1.42. The predicted octanol–water partition coefficient (Wildman–Crippen LogP) is 3.95. The van der Waals surface area contributed by atoms with E-state index in [2.05, 4.69) is 22.3 Å². The van der Waals surface area contributed by atoms with Gasteiger partial charge in [-0.05, 0) is 37.6 Å². The van der Waals surface area contributed by atoms with E-state index in [4.69, 9.17) is 0 Å². The van der Waals surface area contributed by atoms with Crippen molar-refractivity contribution in [1.29, 1.82) is 0 Å². The minimum atomic E-state index is -0.169. The molecular weight excluding hydrogens is 347 g/mol. The van der Waals surface area contributed by atoms with Crippen molar-refractivity contribution in [3.8, 4) is 0 Å². The number of piperidine rings is 1. The lowest BCUT2D eigenvalue weighted by molar-refractivity contribution is -0.126. The van der Waals surface area contributed by atoms with E-state index >= 15 is 0 Å². The number of benzene rings is 2. The second kappa shape index (κ2) is 9.74. The third kappa shape index (κ3) is 5.58. The zero-order valence-corrected chi connectivity index (χ0v) is 15.7. The summed E-state index contributed by atoms with van der Waals surface area (Å²) in [5, 5.41) is 3.06. The molecule has 2 aromatic carbocycles. The number of amides is 1. The summed E-state index contributed by atoms with van der Waals surface area (Å²) in [6.07, 6.45) is 1.89. The van der Waals surface area contributed by atoms with Gasteiger partial charge in [-0.15, -0.1) is 11.8 Å². The van der Waals surface area contributed by atoms with E-state index in [1.807, 2.05) is 30.3 Å². The number of thioether (sulfide) groups is 1. The minimum absolute atomic E-state index is 0.00255. The first kappa shape index (κ1) is 18.9. The standard InChI is InChI=1S/C21H25FN2OS/c22-20-11-5-4-7-17(20)15-24-13-6-8-18(16-24)21(25)23-12-14-26-19-9-2-1-3-10-19/h1-5,7,9-11,18H,6,8,12-16H2,(H,23,25). The lowest BCUT2D eigenvalue weighted by Crippen LogP contribution is -2.43. The largest absolute Gasteiger partial charge is 0.355 e. The van der Waals surface area contributed by atoms with Gasteiger partial charge < -0.3 is 5.32 Å². The van der Waals surface area contributed by atoms with E-state index in [9.17, 15) is 9.18 Å². The Hall–Kier alpha value is -1.85. The molecule has 0 aliphatic carbocycles. The van der Waals surface area contributed by atoms with Gasteiger partial charge >= 0.3 is 0 Å². The third-order valence-corrected chi connectivity index (χ3v) is 5.66. The topological polar surface area (TPSA) is 32.3 Å². The molecule has 26 heavy (non-hydrogen) atoms. The summed E-state index contributed by atoms with van der Waals surface area (Å²) in [6, 6.07) is 17.1. The third-order valence-electron chi connectivity index (χ3n) is 4.64. The van der Waals surface area contributed by atoms with Crippen molar-refractivity contribution in [2.24, 2.45) is 5.92 Å². The van der Waals surface area contributed by atoms with Crippen LogP contribution >= 0.6 is 11.8 Å². The van der Waals surface area contributed by atoms with Gasteiger partial charge in [-0.25, -0.2) is 4.39 Å². The molecule has 1 heterocycles. The molecule has 0 aromatic heterocycles. The molecule has 1 N–H and O–H groups in total. The Morgan fingerprint density at radius 1 is 1.15 bits per heavy atom. The van der Waals surface area contributed by atoms with E-state index in [1.165, 1.54) is 11.0 Å². The Morgan fingerprint density at radius 2 is 1.92 bits per heavy atom. The van der Waals surface area contributed by atoms with Crippen molar-refractivity contribution in [3.05, 3.63) is 66.0 Å². The maximum Gasteiger partial charge on any atom is 0.224 e. The molecule has 1 fully saturated rings. The molecule has 1 unspecified atom stereocenters. The van der Waals surface area contributed by atoms with Gasteiger partial charge in [0.2, 0.25) is 5.91 Å². The number of hydrogen-bond acceptors (Lipinski definition) is 3. The van der Waals surface area contributed by atoms with E-state index in [-0.39, 0.29) is 17.6 Å². The van der Waals surface area contributed by atoms with Gasteiger partial charge in [0, 0.05) is 35.8 Å². The minimum Gasteiger partial charge on any atom is -0.355 e. The highest BCUT2D eigenvalue weighted by Gasteiger charge is 2.25. The summed E-state index contributed by atoms with van der Waals surface area (Å²) in [5.41, 5.74) is 0.702. The van der Waals surface area contributed by atoms with Crippen LogP contribution in [0.3, 0.4) is 0 Å². The molecule has 1 amide bonds. The Kier molecular flexibility index (Phi) is 7.09. The molecule has 0 spiro atoms. The predicted molar refractivity (Wildman–Crippen MR) is 105 cm³/mol. The van der Waals surface area contributed by atoms with Crippen LogP contribution in [0, 0.1) is 11.7 Å². The first-order valence-corrected chi connectivity index (χ1v) is 10.1. The van der Waals surface area contributed by atoms with E-state index in [0.717, 1.165) is 25.1 Å². The number of likely N-dealkylation sites (tertiary alicyclic amines) is 1. The zero-order chi connectivity index (χ0) is 18.2. The summed E-state index contributed by atoms with van der Waals surface area (Å²) in [7, 11) is 0. The summed E-state index contributed by atoms with van der Waals surface area (Å²) in [6.45, 7) is 2.86. The van der Waals surface area contributed by atoms with Gasteiger partial charge in [-0.1, -0.05) is 36.4 Å². The quantitative estimate of drug-likeness (QED) is 0.590. The van der Waals surface area contributed by atoms with Crippen molar-refractivity contribution in [1.82, 2.24) is 10.2 Å². The number of halogens is 1. The van der Waals surface area contributed by atoms with Crippen LogP contribution in [0.25, 0.3) is 0 Å². The van der Waals surface area contributed by atoms with Crippen molar-refractivity contribution >= 4 is 17.7 Å². The molecule has 2 aromatic rings. The van der Waals surface area contributed by atoms with Crippen molar-refractivity contribution in [3.63, 3.8) is 0 Å². The van der Waals surface area contributed by atoms with Gasteiger partial charge in [0.25, 0.3) is 0 Å². The first-order chi connectivity index (χ1) is 12.7. The van der Waals surface area contributed by atoms with E-state index in [0.29, 0.717) is 25.2 Å². The van der Waals surface area contributed by atoms with Gasteiger partial charge in [0.1, 0.15) is 5.82 Å². The summed E-state index contributed by atoms with van der Waals surface area (Å²) in [5.74, 6) is 0.813. The SMILES string of the molecule is O=C(NCCSc1ccccc1)C1CCCN(Cc2ccccc2F)C1. The van der Waals surface area contributed by atoms with Crippen LogP contribution < -0.4 is 5.32 Å². The van der Waals surface area contributed by atoms with Gasteiger partial charge in [-0.2, -0.15) is 0 Å². The maximum absolute atomic E-state index is 13.8. The smallest absolute Gasteiger partial charge is 0.224 e. The van der Waals surface area contributed by atoms with Crippen LogP contribution in [-0.4, -0.2) is 36.2 Å². The molecule has 0 radical (unpaired) electrons. The van der Waals surface area contributed by atoms with E-state index in [1.54, 1.807) is 17.8 Å². The number of nitrogens with one attached hydrogen (secondary N) is 1. The Bertz CT molecular complexity index is 710. The highest BCUT2D eigenvalue weighted by molar-refractivity contribution is 7.99. The summed E-state index contributed by atoms with van der Waals surface area (Å²) >= 11 is 1.75. The van der Waals surface area contributed by atoms with E-state index < -0.39 is 0 Å². The Morgan fingerprint density at radius 3 is 2.73 bits per heavy atom. The van der Waals surface area contributed by atoms with Crippen LogP contribution in [0.2, 0.25) is 0 Å². The molecule has 1 saturated heterocycles. The lowest BCUT2D eigenvalue weighted by Gasteiger charge is -2.32. The molecule has 1 aliphatic heterocycles. The van der Waals surface area contributed by atoms with Crippen LogP contribution in [0.4, 0.5) is 4.39 Å². The lowest BCUT2D eigenvalue weighted by atomic mass is 9.96. The molecule has 3 nitrogen and oxygen atoms in total. The fraction of sp³-hybridized carbons (Fsp3) is 0.381. The highest BCUT2D eigenvalue weighted by atomic mass is 32.2. The van der Waals surface area contributed by atoms with Crippen molar-refractivity contribution in [2.75, 3.05) is 25.4 Å². The average molecular weight is 373 g/mol. The van der Waals surface area contributed by atoms with Gasteiger partial charge in [0.05, 0.1) is 5.92 Å². The van der Waals surface area contributed by atoms with Crippen LogP contribution in [-0.2, 0) is 11.3 Å². The summed E-state index contributed by atoms with van der Waals surface area (Å²) in [4.78, 5) is 15.9. The van der Waals surface area contributed by atoms with Crippen molar-refractivity contribution in [2.45, 2.75) is 24.3 Å². The molecule has 0 bridgehead atoms. The molecule has 5 heteroatoms. The molecule has 0 saturated carbocycles. The second-order valence-electron chi connectivity index (χ2n) is 6.62. The highest BCUT2D eigenvalue weighted by Crippen LogP contribution is 2.20. The van der Waals surface area contributed by atoms with Gasteiger partial charge in [-0.3, -0.25) is 9.69 Å². The molecule has 3 rings (SSSR count).